The summed E-state index contributed by atoms with van der Waals surface area (Å²) in [5.41, 5.74) is 1.80. The Kier molecular flexibility index (Phi) is 4.45. The Bertz CT molecular complexity index is 710. The summed E-state index contributed by atoms with van der Waals surface area (Å²) in [5, 5.41) is 7.50. The van der Waals surface area contributed by atoms with Crippen molar-refractivity contribution >= 4 is 37.5 Å². The average Bonchev–Trinajstić information content (AvgIpc) is 3.27. The zero-order chi connectivity index (χ0) is 14.8. The van der Waals surface area contributed by atoms with Crippen LogP contribution in [0.4, 0.5) is 5.69 Å². The van der Waals surface area contributed by atoms with Crippen LogP contribution in [0.15, 0.2) is 44.2 Å². The zero-order valence-electron chi connectivity index (χ0n) is 11.4. The van der Waals surface area contributed by atoms with Gasteiger partial charge >= 0.3 is 0 Å². The van der Waals surface area contributed by atoms with Gasteiger partial charge < -0.3 is 5.32 Å². The van der Waals surface area contributed by atoms with E-state index in [1.54, 1.807) is 10.9 Å². The van der Waals surface area contributed by atoms with Crippen molar-refractivity contribution in [3.63, 3.8) is 0 Å². The van der Waals surface area contributed by atoms with Crippen molar-refractivity contribution in [3.8, 4) is 0 Å². The lowest BCUT2D eigenvalue weighted by atomic mass is 10.2. The molecule has 0 atom stereocenters. The van der Waals surface area contributed by atoms with Crippen molar-refractivity contribution in [3.05, 3.63) is 55.3 Å². The molecule has 1 saturated carbocycles. The minimum atomic E-state index is -0.0684. The Hall–Kier alpha value is -1.14. The number of hydrogen-bond acceptors (Lipinski definition) is 3. The number of aromatic nitrogens is 2. The smallest absolute Gasteiger partial charge is 0.283 e. The first-order valence-corrected chi connectivity index (χ1v) is 8.46. The Morgan fingerprint density at radius 3 is 2.86 bits per heavy atom. The predicted octanol–water partition coefficient (Wildman–Crippen LogP) is 3.79. The van der Waals surface area contributed by atoms with E-state index in [-0.39, 0.29) is 5.56 Å². The minimum Gasteiger partial charge on any atom is -0.379 e. The summed E-state index contributed by atoms with van der Waals surface area (Å²) in [6.45, 7) is 1.37. The second-order valence-corrected chi connectivity index (χ2v) is 7.00. The molecule has 1 aromatic heterocycles. The standard InChI is InChI=1S/C15H15Br2N3O/c16-12-3-1-2-11(6-12)7-18-13-8-19-20(9-10-4-5-10)15(21)14(13)17/h1-3,6,8,10,18H,4-5,7,9H2. The Labute approximate surface area is 139 Å². The van der Waals surface area contributed by atoms with Crippen LogP contribution in [0.2, 0.25) is 0 Å². The maximum Gasteiger partial charge on any atom is 0.283 e. The molecular formula is C15H15Br2N3O. The second kappa shape index (κ2) is 6.32. The average molecular weight is 413 g/mol. The van der Waals surface area contributed by atoms with Gasteiger partial charge in [0.1, 0.15) is 4.47 Å². The van der Waals surface area contributed by atoms with Gasteiger partial charge in [-0.3, -0.25) is 4.79 Å². The van der Waals surface area contributed by atoms with E-state index in [1.165, 1.54) is 12.8 Å². The summed E-state index contributed by atoms with van der Waals surface area (Å²) in [5.74, 6) is 0.627. The lowest BCUT2D eigenvalue weighted by Crippen LogP contribution is -2.25. The van der Waals surface area contributed by atoms with Crippen LogP contribution in [0.5, 0.6) is 0 Å². The summed E-state index contributed by atoms with van der Waals surface area (Å²) < 4.78 is 3.14. The Morgan fingerprint density at radius 1 is 1.33 bits per heavy atom. The van der Waals surface area contributed by atoms with Crippen molar-refractivity contribution in [1.29, 1.82) is 0 Å². The molecule has 1 aliphatic rings. The number of nitrogens with zero attached hydrogens (tertiary/aromatic N) is 2. The van der Waals surface area contributed by atoms with Crippen molar-refractivity contribution in [2.24, 2.45) is 5.92 Å². The molecule has 1 fully saturated rings. The van der Waals surface area contributed by atoms with Crippen LogP contribution in [-0.4, -0.2) is 9.78 Å². The molecule has 0 radical (unpaired) electrons. The molecule has 1 heterocycles. The van der Waals surface area contributed by atoms with Crippen molar-refractivity contribution in [2.75, 3.05) is 5.32 Å². The lowest BCUT2D eigenvalue weighted by molar-refractivity contribution is 0.532. The van der Waals surface area contributed by atoms with Gasteiger partial charge in [-0.25, -0.2) is 4.68 Å². The van der Waals surface area contributed by atoms with E-state index in [1.807, 2.05) is 24.3 Å². The molecule has 1 aromatic carbocycles. The minimum absolute atomic E-state index is 0.0684. The molecule has 6 heteroatoms. The van der Waals surface area contributed by atoms with Crippen LogP contribution in [-0.2, 0) is 13.1 Å². The third-order valence-corrected chi connectivity index (χ3v) is 4.74. The van der Waals surface area contributed by atoms with E-state index in [2.05, 4.69) is 42.3 Å². The monoisotopic (exact) mass is 411 g/mol. The molecule has 1 aliphatic carbocycles. The van der Waals surface area contributed by atoms with Crippen molar-refractivity contribution < 1.29 is 0 Å². The maximum absolute atomic E-state index is 12.2. The molecule has 0 saturated heterocycles. The third kappa shape index (κ3) is 3.74. The van der Waals surface area contributed by atoms with Gasteiger partial charge in [-0.1, -0.05) is 28.1 Å². The topological polar surface area (TPSA) is 46.9 Å². The van der Waals surface area contributed by atoms with Crippen LogP contribution in [0.1, 0.15) is 18.4 Å². The maximum atomic E-state index is 12.2. The van der Waals surface area contributed by atoms with E-state index >= 15 is 0 Å². The molecule has 4 nitrogen and oxygen atoms in total. The third-order valence-electron chi connectivity index (χ3n) is 3.48. The molecule has 0 spiro atoms. The molecule has 0 aliphatic heterocycles. The van der Waals surface area contributed by atoms with Gasteiger partial charge in [-0.05, 0) is 52.4 Å². The summed E-state index contributed by atoms with van der Waals surface area (Å²) >= 11 is 6.83. The normalized spacial score (nSPS) is 14.2. The van der Waals surface area contributed by atoms with E-state index in [0.717, 1.165) is 22.3 Å². The molecule has 110 valence electrons. The van der Waals surface area contributed by atoms with Crippen LogP contribution in [0.3, 0.4) is 0 Å². The number of nitrogens with one attached hydrogen (secondary N) is 1. The van der Waals surface area contributed by atoms with E-state index in [4.69, 9.17) is 0 Å². The zero-order valence-corrected chi connectivity index (χ0v) is 14.5. The fourth-order valence-corrected chi connectivity index (χ4v) is 3.00. The van der Waals surface area contributed by atoms with E-state index in [9.17, 15) is 4.79 Å². The molecule has 0 unspecified atom stereocenters. The molecular weight excluding hydrogens is 398 g/mol. The highest BCUT2D eigenvalue weighted by Crippen LogP contribution is 2.30. The molecule has 3 rings (SSSR count). The number of hydrogen-bond donors (Lipinski definition) is 1. The first-order chi connectivity index (χ1) is 10.1. The van der Waals surface area contributed by atoms with Gasteiger partial charge in [0.05, 0.1) is 11.9 Å². The molecule has 21 heavy (non-hydrogen) atoms. The summed E-state index contributed by atoms with van der Waals surface area (Å²) in [7, 11) is 0. The largest absolute Gasteiger partial charge is 0.379 e. The summed E-state index contributed by atoms with van der Waals surface area (Å²) in [6.07, 6.45) is 4.12. The fraction of sp³-hybridized carbons (Fsp3) is 0.333. The first-order valence-electron chi connectivity index (χ1n) is 6.87. The number of rotatable bonds is 5. The summed E-state index contributed by atoms with van der Waals surface area (Å²) in [4.78, 5) is 12.2. The van der Waals surface area contributed by atoms with Gasteiger partial charge in [0, 0.05) is 17.6 Å². The highest BCUT2D eigenvalue weighted by Gasteiger charge is 2.23. The number of anilines is 1. The highest BCUT2D eigenvalue weighted by molar-refractivity contribution is 9.10. The van der Waals surface area contributed by atoms with Crippen LogP contribution < -0.4 is 10.9 Å². The van der Waals surface area contributed by atoms with E-state index < -0.39 is 0 Å². The SMILES string of the molecule is O=c1c(Br)c(NCc2cccc(Br)c2)cnn1CC1CC1. The van der Waals surface area contributed by atoms with Gasteiger partial charge in [0.25, 0.3) is 5.56 Å². The van der Waals surface area contributed by atoms with Gasteiger partial charge in [0.15, 0.2) is 0 Å². The molecule has 0 bridgehead atoms. The Balaban J connectivity index is 1.73. The van der Waals surface area contributed by atoms with Gasteiger partial charge in [-0.2, -0.15) is 5.10 Å². The second-order valence-electron chi connectivity index (χ2n) is 5.29. The molecule has 1 N–H and O–H groups in total. The number of benzene rings is 1. The van der Waals surface area contributed by atoms with Crippen molar-refractivity contribution in [1.82, 2.24) is 9.78 Å². The number of halogens is 2. The lowest BCUT2D eigenvalue weighted by Gasteiger charge is -2.10. The van der Waals surface area contributed by atoms with Crippen LogP contribution >= 0.6 is 31.9 Å². The van der Waals surface area contributed by atoms with Crippen LogP contribution in [0.25, 0.3) is 0 Å². The predicted molar refractivity (Wildman–Crippen MR) is 90.4 cm³/mol. The molecule has 2 aromatic rings. The van der Waals surface area contributed by atoms with Crippen LogP contribution in [0, 0.1) is 5.92 Å². The quantitative estimate of drug-likeness (QED) is 0.812. The summed E-state index contributed by atoms with van der Waals surface area (Å²) in [6, 6.07) is 8.05. The highest BCUT2D eigenvalue weighted by atomic mass is 79.9. The van der Waals surface area contributed by atoms with E-state index in [0.29, 0.717) is 16.9 Å². The van der Waals surface area contributed by atoms with Gasteiger partial charge in [-0.15, -0.1) is 0 Å². The fourth-order valence-electron chi connectivity index (χ4n) is 2.11. The molecule has 0 amide bonds. The van der Waals surface area contributed by atoms with Gasteiger partial charge in [0.2, 0.25) is 0 Å². The van der Waals surface area contributed by atoms with Crippen molar-refractivity contribution in [2.45, 2.75) is 25.9 Å². The first kappa shape index (κ1) is 14.8. The Morgan fingerprint density at radius 2 is 2.14 bits per heavy atom.